The van der Waals surface area contributed by atoms with Crippen LogP contribution in [0.3, 0.4) is 0 Å². The minimum atomic E-state index is -2.79. The molecule has 1 aromatic heterocycles. The smallest absolute Gasteiger partial charge is 0.387 e. The fourth-order valence-corrected chi connectivity index (χ4v) is 2.11. The molecular weight excluding hydrogens is 276 g/mol. The number of nitrogens with one attached hydrogen (secondary N) is 1. The number of halogens is 2. The standard InChI is InChI=1S/C15H19F2N3O/c1-10(14-9-19-20(3)11(14)2)18-8-12-4-6-13(7-5-12)21-15(16)17/h4-7,9-10,15,18H,8H2,1-3H3/t10-/m0/s1. The van der Waals surface area contributed by atoms with Crippen LogP contribution in [0.2, 0.25) is 0 Å². The Bertz CT molecular complexity index is 581. The van der Waals surface area contributed by atoms with Crippen LogP contribution in [0.1, 0.15) is 29.8 Å². The van der Waals surface area contributed by atoms with E-state index in [1.54, 1.807) is 24.3 Å². The van der Waals surface area contributed by atoms with E-state index in [1.807, 2.05) is 24.9 Å². The number of alkyl halides is 2. The van der Waals surface area contributed by atoms with Crippen molar-refractivity contribution in [3.8, 4) is 5.75 Å². The van der Waals surface area contributed by atoms with E-state index < -0.39 is 6.61 Å². The van der Waals surface area contributed by atoms with E-state index in [2.05, 4.69) is 22.1 Å². The molecule has 0 radical (unpaired) electrons. The second-order valence-electron chi connectivity index (χ2n) is 4.93. The molecule has 0 fully saturated rings. The van der Waals surface area contributed by atoms with E-state index in [-0.39, 0.29) is 11.8 Å². The third-order valence-electron chi connectivity index (χ3n) is 3.50. The fourth-order valence-electron chi connectivity index (χ4n) is 2.11. The zero-order valence-corrected chi connectivity index (χ0v) is 12.3. The summed E-state index contributed by atoms with van der Waals surface area (Å²) in [6.45, 7) is 1.95. The molecule has 1 atom stereocenters. The van der Waals surface area contributed by atoms with Gasteiger partial charge in [0.05, 0.1) is 6.20 Å². The van der Waals surface area contributed by atoms with E-state index in [4.69, 9.17) is 0 Å². The van der Waals surface area contributed by atoms with E-state index in [1.165, 1.54) is 0 Å². The summed E-state index contributed by atoms with van der Waals surface area (Å²) in [5.74, 6) is 0.171. The fraction of sp³-hybridized carbons (Fsp3) is 0.400. The summed E-state index contributed by atoms with van der Waals surface area (Å²) in [4.78, 5) is 0. The van der Waals surface area contributed by atoms with E-state index in [0.717, 1.165) is 16.8 Å². The number of nitrogens with zero attached hydrogens (tertiary/aromatic N) is 2. The molecule has 2 aromatic rings. The largest absolute Gasteiger partial charge is 0.435 e. The van der Waals surface area contributed by atoms with Gasteiger partial charge in [0.2, 0.25) is 0 Å². The Morgan fingerprint density at radius 1 is 1.29 bits per heavy atom. The van der Waals surface area contributed by atoms with Gasteiger partial charge in [-0.3, -0.25) is 4.68 Å². The van der Waals surface area contributed by atoms with Crippen molar-refractivity contribution < 1.29 is 13.5 Å². The molecule has 1 N–H and O–H groups in total. The summed E-state index contributed by atoms with van der Waals surface area (Å²) < 4.78 is 30.3. The van der Waals surface area contributed by atoms with Gasteiger partial charge in [-0.1, -0.05) is 12.1 Å². The lowest BCUT2D eigenvalue weighted by atomic mass is 10.1. The molecule has 1 heterocycles. The third kappa shape index (κ3) is 4.01. The molecule has 0 spiro atoms. The molecule has 0 aliphatic heterocycles. The van der Waals surface area contributed by atoms with Gasteiger partial charge in [0.25, 0.3) is 0 Å². The lowest BCUT2D eigenvalue weighted by Crippen LogP contribution is -2.18. The Hall–Kier alpha value is -1.95. The second kappa shape index (κ2) is 6.67. The highest BCUT2D eigenvalue weighted by Crippen LogP contribution is 2.18. The number of aryl methyl sites for hydroxylation is 1. The van der Waals surface area contributed by atoms with Crippen LogP contribution in [-0.2, 0) is 13.6 Å². The van der Waals surface area contributed by atoms with Crippen molar-refractivity contribution in [3.05, 3.63) is 47.3 Å². The predicted octanol–water partition coefficient (Wildman–Crippen LogP) is 3.18. The summed E-state index contributed by atoms with van der Waals surface area (Å²) >= 11 is 0. The Morgan fingerprint density at radius 3 is 2.48 bits per heavy atom. The summed E-state index contributed by atoms with van der Waals surface area (Å²) in [5, 5.41) is 7.61. The normalized spacial score (nSPS) is 12.7. The monoisotopic (exact) mass is 295 g/mol. The highest BCUT2D eigenvalue weighted by atomic mass is 19.3. The van der Waals surface area contributed by atoms with Gasteiger partial charge in [0.1, 0.15) is 5.75 Å². The highest BCUT2D eigenvalue weighted by molar-refractivity contribution is 5.27. The minimum Gasteiger partial charge on any atom is -0.435 e. The van der Waals surface area contributed by atoms with Gasteiger partial charge in [-0.25, -0.2) is 0 Å². The SMILES string of the molecule is Cc1c([C@H](C)NCc2ccc(OC(F)F)cc2)cnn1C. The molecule has 21 heavy (non-hydrogen) atoms. The molecule has 0 aliphatic carbocycles. The average molecular weight is 295 g/mol. The van der Waals surface area contributed by atoms with Crippen LogP contribution >= 0.6 is 0 Å². The maximum absolute atomic E-state index is 12.1. The first-order valence-electron chi connectivity index (χ1n) is 6.73. The van der Waals surface area contributed by atoms with Crippen LogP contribution in [-0.4, -0.2) is 16.4 Å². The van der Waals surface area contributed by atoms with Gasteiger partial charge < -0.3 is 10.1 Å². The summed E-state index contributed by atoms with van der Waals surface area (Å²) in [6, 6.07) is 6.80. The number of ether oxygens (including phenoxy) is 1. The summed E-state index contributed by atoms with van der Waals surface area (Å²) in [7, 11) is 1.91. The summed E-state index contributed by atoms with van der Waals surface area (Å²) in [6.07, 6.45) is 1.85. The van der Waals surface area contributed by atoms with Crippen molar-refractivity contribution in [3.63, 3.8) is 0 Å². The molecular formula is C15H19F2N3O. The van der Waals surface area contributed by atoms with Crippen molar-refractivity contribution in [1.82, 2.24) is 15.1 Å². The van der Waals surface area contributed by atoms with Crippen LogP contribution in [0, 0.1) is 6.92 Å². The van der Waals surface area contributed by atoms with Crippen molar-refractivity contribution in [1.29, 1.82) is 0 Å². The van der Waals surface area contributed by atoms with Crippen LogP contribution < -0.4 is 10.1 Å². The minimum absolute atomic E-state index is 0.163. The second-order valence-corrected chi connectivity index (χ2v) is 4.93. The van der Waals surface area contributed by atoms with Crippen LogP contribution in [0.4, 0.5) is 8.78 Å². The molecule has 0 unspecified atom stereocenters. The first kappa shape index (κ1) is 15.4. The topological polar surface area (TPSA) is 39.1 Å². The van der Waals surface area contributed by atoms with Crippen molar-refractivity contribution in [2.45, 2.75) is 33.0 Å². The van der Waals surface area contributed by atoms with Crippen molar-refractivity contribution >= 4 is 0 Å². The van der Waals surface area contributed by atoms with E-state index in [9.17, 15) is 8.78 Å². The van der Waals surface area contributed by atoms with Crippen LogP contribution in [0.15, 0.2) is 30.5 Å². The highest BCUT2D eigenvalue weighted by Gasteiger charge is 2.11. The van der Waals surface area contributed by atoms with E-state index >= 15 is 0 Å². The molecule has 2 rings (SSSR count). The Labute approximate surface area is 122 Å². The Kier molecular flexibility index (Phi) is 4.90. The maximum atomic E-state index is 12.1. The quantitative estimate of drug-likeness (QED) is 0.889. The molecule has 0 saturated carbocycles. The first-order chi connectivity index (χ1) is 9.97. The van der Waals surface area contributed by atoms with Gasteiger partial charge in [-0.05, 0) is 31.5 Å². The van der Waals surface area contributed by atoms with Gasteiger partial charge in [-0.2, -0.15) is 13.9 Å². The Balaban J connectivity index is 1.92. The number of aromatic nitrogens is 2. The van der Waals surface area contributed by atoms with Gasteiger partial charge in [0, 0.05) is 30.9 Å². The maximum Gasteiger partial charge on any atom is 0.387 e. The Morgan fingerprint density at radius 2 is 1.95 bits per heavy atom. The number of hydrogen-bond acceptors (Lipinski definition) is 3. The molecule has 0 saturated heterocycles. The molecule has 0 aliphatic rings. The van der Waals surface area contributed by atoms with Gasteiger partial charge in [0.15, 0.2) is 0 Å². The first-order valence-corrected chi connectivity index (χ1v) is 6.73. The molecule has 4 nitrogen and oxygen atoms in total. The lowest BCUT2D eigenvalue weighted by Gasteiger charge is -2.14. The molecule has 6 heteroatoms. The van der Waals surface area contributed by atoms with Crippen LogP contribution in [0.25, 0.3) is 0 Å². The summed E-state index contributed by atoms with van der Waals surface area (Å²) in [5.41, 5.74) is 3.27. The lowest BCUT2D eigenvalue weighted by molar-refractivity contribution is -0.0498. The third-order valence-corrected chi connectivity index (χ3v) is 3.50. The molecule has 0 bridgehead atoms. The zero-order chi connectivity index (χ0) is 15.4. The molecule has 114 valence electrons. The van der Waals surface area contributed by atoms with Gasteiger partial charge in [-0.15, -0.1) is 0 Å². The number of benzene rings is 1. The molecule has 0 amide bonds. The number of hydrogen-bond donors (Lipinski definition) is 1. The van der Waals surface area contributed by atoms with E-state index in [0.29, 0.717) is 6.54 Å². The van der Waals surface area contributed by atoms with Crippen LogP contribution in [0.5, 0.6) is 5.75 Å². The molecule has 1 aromatic carbocycles. The number of rotatable bonds is 6. The zero-order valence-electron chi connectivity index (χ0n) is 12.3. The van der Waals surface area contributed by atoms with Crippen molar-refractivity contribution in [2.75, 3.05) is 0 Å². The van der Waals surface area contributed by atoms with Crippen molar-refractivity contribution in [2.24, 2.45) is 7.05 Å². The average Bonchev–Trinajstić information content (AvgIpc) is 2.77. The van der Waals surface area contributed by atoms with Gasteiger partial charge >= 0.3 is 6.61 Å². The predicted molar refractivity (Wildman–Crippen MR) is 76.3 cm³/mol.